The van der Waals surface area contributed by atoms with Crippen molar-refractivity contribution >= 4 is 18.3 Å². The molecule has 1 aliphatic rings. The standard InChI is InChI=1S/C17H37NSi2/c1-7-20(8-2,9-3)17(12-10-11-13-17)18-15(5)14(4)16(6)19/h15,18H,7-13H2,1-6,19H3. The molecule has 1 rings (SSSR count). The molecule has 1 N–H and O–H groups in total. The largest absolute Gasteiger partial charge is 0.308 e. The van der Waals surface area contributed by atoms with Crippen molar-refractivity contribution in [2.24, 2.45) is 0 Å². The van der Waals surface area contributed by atoms with Crippen molar-refractivity contribution in [1.82, 2.24) is 5.32 Å². The van der Waals surface area contributed by atoms with Crippen molar-refractivity contribution in [1.29, 1.82) is 0 Å². The molecule has 0 radical (unpaired) electrons. The molecular weight excluding hydrogens is 274 g/mol. The Hall–Kier alpha value is 0.134. The fourth-order valence-electron chi connectivity index (χ4n) is 4.53. The van der Waals surface area contributed by atoms with E-state index in [4.69, 9.17) is 0 Å². The summed E-state index contributed by atoms with van der Waals surface area (Å²) in [6.07, 6.45) is 5.76. The van der Waals surface area contributed by atoms with Crippen molar-refractivity contribution in [2.45, 2.75) is 96.6 Å². The molecule has 0 aliphatic heterocycles. The van der Waals surface area contributed by atoms with Gasteiger partial charge in [0.25, 0.3) is 0 Å². The Bertz CT molecular complexity index is 327. The lowest BCUT2D eigenvalue weighted by atomic mass is 10.1. The summed E-state index contributed by atoms with van der Waals surface area (Å²) >= 11 is 0. The van der Waals surface area contributed by atoms with Gasteiger partial charge in [0.1, 0.15) is 0 Å². The van der Waals surface area contributed by atoms with Crippen LogP contribution in [0.4, 0.5) is 0 Å². The molecule has 1 unspecified atom stereocenters. The summed E-state index contributed by atoms with van der Waals surface area (Å²) < 4.78 is 0. The average Bonchev–Trinajstić information content (AvgIpc) is 2.90. The van der Waals surface area contributed by atoms with Gasteiger partial charge in [-0.1, -0.05) is 62.5 Å². The molecule has 0 amide bonds. The van der Waals surface area contributed by atoms with Crippen molar-refractivity contribution in [2.75, 3.05) is 0 Å². The number of allylic oxidation sites excluding steroid dienone is 1. The van der Waals surface area contributed by atoms with Crippen LogP contribution in [0, 0.1) is 0 Å². The fraction of sp³-hybridized carbons (Fsp3) is 0.882. The summed E-state index contributed by atoms with van der Waals surface area (Å²) in [6.45, 7) is 14.4. The van der Waals surface area contributed by atoms with E-state index < -0.39 is 8.07 Å². The molecule has 1 nitrogen and oxygen atoms in total. The molecule has 1 aliphatic carbocycles. The van der Waals surface area contributed by atoms with E-state index in [0.717, 1.165) is 0 Å². The van der Waals surface area contributed by atoms with Crippen LogP contribution in [0.3, 0.4) is 0 Å². The third-order valence-electron chi connectivity index (χ3n) is 6.43. The zero-order valence-corrected chi connectivity index (χ0v) is 18.0. The Morgan fingerprint density at radius 2 is 1.55 bits per heavy atom. The van der Waals surface area contributed by atoms with Gasteiger partial charge in [0.05, 0.1) is 8.07 Å². The second-order valence-corrected chi connectivity index (χ2v) is 14.3. The molecule has 0 saturated heterocycles. The first-order valence-corrected chi connectivity index (χ1v) is 12.4. The summed E-state index contributed by atoms with van der Waals surface area (Å²) in [5.41, 5.74) is 1.61. The van der Waals surface area contributed by atoms with Crippen LogP contribution in [0.5, 0.6) is 0 Å². The van der Waals surface area contributed by atoms with E-state index in [1.807, 2.05) is 0 Å². The molecule has 0 bridgehead atoms. The molecule has 0 spiro atoms. The van der Waals surface area contributed by atoms with Crippen molar-refractivity contribution in [3.63, 3.8) is 0 Å². The zero-order chi connectivity index (χ0) is 15.4. The zero-order valence-electron chi connectivity index (χ0n) is 15.0. The molecule has 3 heteroatoms. The second kappa shape index (κ2) is 7.41. The van der Waals surface area contributed by atoms with Gasteiger partial charge < -0.3 is 5.32 Å². The lowest BCUT2D eigenvalue weighted by Gasteiger charge is -2.49. The van der Waals surface area contributed by atoms with Crippen LogP contribution in [-0.2, 0) is 0 Å². The Morgan fingerprint density at radius 3 is 1.90 bits per heavy atom. The maximum Gasteiger partial charge on any atom is 0.0757 e. The van der Waals surface area contributed by atoms with Gasteiger partial charge in [-0.25, -0.2) is 0 Å². The first-order chi connectivity index (χ1) is 9.38. The normalized spacial score (nSPS) is 21.9. The van der Waals surface area contributed by atoms with E-state index >= 15 is 0 Å². The van der Waals surface area contributed by atoms with Gasteiger partial charge in [0, 0.05) is 21.4 Å². The molecule has 0 aromatic carbocycles. The van der Waals surface area contributed by atoms with Crippen LogP contribution >= 0.6 is 0 Å². The van der Waals surface area contributed by atoms with Gasteiger partial charge in [0.15, 0.2) is 0 Å². The Labute approximate surface area is 131 Å². The summed E-state index contributed by atoms with van der Waals surface area (Å²) in [6, 6.07) is 4.91. The van der Waals surface area contributed by atoms with Crippen LogP contribution in [0.1, 0.15) is 67.2 Å². The highest BCUT2D eigenvalue weighted by atomic mass is 28.3. The molecule has 1 atom stereocenters. The van der Waals surface area contributed by atoms with Crippen LogP contribution in [0.15, 0.2) is 10.8 Å². The molecule has 1 fully saturated rings. The van der Waals surface area contributed by atoms with Gasteiger partial charge in [0.2, 0.25) is 0 Å². The molecule has 20 heavy (non-hydrogen) atoms. The van der Waals surface area contributed by atoms with Gasteiger partial charge in [-0.15, -0.1) is 0 Å². The third kappa shape index (κ3) is 3.31. The van der Waals surface area contributed by atoms with E-state index in [1.54, 1.807) is 10.8 Å². The van der Waals surface area contributed by atoms with Gasteiger partial charge >= 0.3 is 0 Å². The van der Waals surface area contributed by atoms with Crippen molar-refractivity contribution in [3.05, 3.63) is 10.8 Å². The van der Waals surface area contributed by atoms with E-state index in [2.05, 4.69) is 46.9 Å². The van der Waals surface area contributed by atoms with Crippen LogP contribution in [-0.4, -0.2) is 29.5 Å². The lowest BCUT2D eigenvalue weighted by Crippen LogP contribution is -2.66. The number of hydrogen-bond donors (Lipinski definition) is 1. The SMILES string of the molecule is CC[Si](CC)(CC)C1(NC(C)C(C)=C(C)[SiH3])CCCC1. The minimum Gasteiger partial charge on any atom is -0.308 e. The highest BCUT2D eigenvalue weighted by Gasteiger charge is 2.51. The third-order valence-corrected chi connectivity index (χ3v) is 14.0. The highest BCUT2D eigenvalue weighted by Crippen LogP contribution is 2.44. The molecule has 1 saturated carbocycles. The summed E-state index contributed by atoms with van der Waals surface area (Å²) in [5, 5.41) is 6.33. The smallest absolute Gasteiger partial charge is 0.0757 e. The van der Waals surface area contributed by atoms with Crippen molar-refractivity contribution < 1.29 is 0 Å². The Kier molecular flexibility index (Phi) is 6.74. The minimum absolute atomic E-state index is 0.517. The van der Waals surface area contributed by atoms with Gasteiger partial charge in [-0.3, -0.25) is 0 Å². The van der Waals surface area contributed by atoms with Crippen LogP contribution in [0.25, 0.3) is 0 Å². The predicted molar refractivity (Wildman–Crippen MR) is 99.3 cm³/mol. The average molecular weight is 312 g/mol. The topological polar surface area (TPSA) is 12.0 Å². The van der Waals surface area contributed by atoms with Gasteiger partial charge in [-0.2, -0.15) is 0 Å². The fourth-order valence-corrected chi connectivity index (χ4v) is 10.4. The summed E-state index contributed by atoms with van der Waals surface area (Å²) in [7, 11) is 0.00339. The molecule has 118 valence electrons. The predicted octanol–water partition coefficient (Wildman–Crippen LogP) is 3.98. The maximum atomic E-state index is 4.19. The lowest BCUT2D eigenvalue weighted by molar-refractivity contribution is 0.405. The van der Waals surface area contributed by atoms with Crippen LogP contribution < -0.4 is 5.32 Å². The monoisotopic (exact) mass is 311 g/mol. The minimum atomic E-state index is -1.20. The second-order valence-electron chi connectivity index (χ2n) is 7.18. The Morgan fingerprint density at radius 1 is 1.10 bits per heavy atom. The molecule has 0 aromatic rings. The quantitative estimate of drug-likeness (QED) is 0.701. The number of nitrogens with one attached hydrogen (secondary N) is 1. The van der Waals surface area contributed by atoms with E-state index in [-0.39, 0.29) is 0 Å². The van der Waals surface area contributed by atoms with Gasteiger partial charge in [-0.05, 0) is 33.6 Å². The molecular formula is C17H37NSi2. The molecule has 0 aromatic heterocycles. The maximum absolute atomic E-state index is 4.19. The summed E-state index contributed by atoms with van der Waals surface area (Å²) in [5.74, 6) is 0. The summed E-state index contributed by atoms with van der Waals surface area (Å²) in [4.78, 5) is 0. The first-order valence-electron chi connectivity index (χ1n) is 8.79. The van der Waals surface area contributed by atoms with E-state index in [1.165, 1.54) is 54.1 Å². The van der Waals surface area contributed by atoms with Crippen molar-refractivity contribution in [3.8, 4) is 0 Å². The van der Waals surface area contributed by atoms with E-state index in [9.17, 15) is 0 Å². The number of rotatable bonds is 7. The number of hydrogen-bond acceptors (Lipinski definition) is 1. The first kappa shape index (κ1) is 18.2. The molecule has 0 heterocycles. The Balaban J connectivity index is 3.07. The van der Waals surface area contributed by atoms with E-state index in [0.29, 0.717) is 11.2 Å². The van der Waals surface area contributed by atoms with Crippen LogP contribution in [0.2, 0.25) is 18.1 Å². The highest BCUT2D eigenvalue weighted by molar-refractivity contribution is 6.82.